The Morgan fingerprint density at radius 2 is 1.83 bits per heavy atom. The number of esters is 2. The third-order valence-corrected chi connectivity index (χ3v) is 10.4. The minimum absolute atomic E-state index is 0.00636. The predicted molar refractivity (Wildman–Crippen MR) is 141 cm³/mol. The third-order valence-electron chi connectivity index (χ3n) is 10.4. The highest BCUT2D eigenvalue weighted by atomic mass is 16.6. The van der Waals surface area contributed by atoms with Gasteiger partial charge in [-0.15, -0.1) is 0 Å². The Balaban J connectivity index is 1.65. The molecule has 1 aromatic rings. The van der Waals surface area contributed by atoms with Crippen molar-refractivity contribution in [3.05, 3.63) is 42.2 Å². The Bertz CT molecular complexity index is 1300. The van der Waals surface area contributed by atoms with Gasteiger partial charge in [-0.3, -0.25) is 9.59 Å². The van der Waals surface area contributed by atoms with Crippen molar-refractivity contribution in [1.82, 2.24) is 0 Å². The second-order valence-corrected chi connectivity index (χ2v) is 12.9. The number of aliphatic hydroxyl groups excluding tert-OH is 3. The molecule has 1 unspecified atom stereocenters. The number of fused-ring (bicyclic) bond motifs is 5. The molecule has 0 amide bonds. The molecule has 1 saturated heterocycles. The number of Topliss-reactive ketones (excluding diaryl/α,β-unsaturated/α-hetero) is 1. The molecule has 3 aliphatic carbocycles. The van der Waals surface area contributed by atoms with Crippen LogP contribution in [0.4, 0.5) is 0 Å². The number of hydrogen-bond donors (Lipinski definition) is 5. The Kier molecular flexibility index (Phi) is 7.32. The molecule has 2 radical (unpaired) electrons. The second-order valence-electron chi connectivity index (χ2n) is 12.9. The quantitative estimate of drug-likeness (QED) is 0.232. The van der Waals surface area contributed by atoms with Gasteiger partial charge in [0.25, 0.3) is 0 Å². The molecular formula is C30H38O12. The van der Waals surface area contributed by atoms with Crippen LogP contribution in [0.3, 0.4) is 0 Å². The number of ether oxygens (including phenoxy) is 3. The van der Waals surface area contributed by atoms with E-state index in [-0.39, 0.29) is 29.9 Å². The molecule has 230 valence electrons. The molecule has 1 aliphatic heterocycles. The molecular weight excluding hydrogens is 552 g/mol. The first kappa shape index (κ1) is 30.8. The minimum Gasteiger partial charge on any atom is -0.469 e. The standard InChI is InChI=1S/C30H38O12/c1-13-17(42-26(36)21(33)14(2)16-8-7-9-39-16)11-30(38)25(41-15(3)31)23-28(6,18(32)10-19-29(23,37)12-40-19)24(35)22(34)20(13)27(30,4)5/h2,7-9,14,17-19,21-23,25,32-34,37-38H,10-12H2,1,3-6H3/t14-,17?,18-,19+,21+,22+,23-,25-,28+,29-,30+/m0/s1. The first-order valence-corrected chi connectivity index (χ1v) is 14.0. The highest BCUT2D eigenvalue weighted by Crippen LogP contribution is 2.63. The lowest BCUT2D eigenvalue weighted by Gasteiger charge is -2.66. The highest BCUT2D eigenvalue weighted by molar-refractivity contribution is 5.93. The maximum atomic E-state index is 14.2. The van der Waals surface area contributed by atoms with E-state index in [1.165, 1.54) is 32.2 Å². The van der Waals surface area contributed by atoms with Crippen LogP contribution < -0.4 is 0 Å². The van der Waals surface area contributed by atoms with Crippen molar-refractivity contribution in [3.8, 4) is 0 Å². The Morgan fingerprint density at radius 1 is 1.17 bits per heavy atom. The summed E-state index contributed by atoms with van der Waals surface area (Å²) in [7, 11) is 0. The van der Waals surface area contributed by atoms with E-state index >= 15 is 0 Å². The van der Waals surface area contributed by atoms with E-state index in [0.717, 1.165) is 6.92 Å². The van der Waals surface area contributed by atoms with Gasteiger partial charge in [0.15, 0.2) is 11.9 Å². The summed E-state index contributed by atoms with van der Waals surface area (Å²) in [6.07, 6.45) is -8.27. The van der Waals surface area contributed by atoms with Gasteiger partial charge in [-0.25, -0.2) is 4.79 Å². The average Bonchev–Trinajstić information content (AvgIpc) is 3.45. The largest absolute Gasteiger partial charge is 0.469 e. The molecule has 42 heavy (non-hydrogen) atoms. The molecule has 2 heterocycles. The first-order valence-electron chi connectivity index (χ1n) is 14.0. The normalized spacial score (nSPS) is 42.2. The van der Waals surface area contributed by atoms with E-state index < -0.39 is 94.6 Å². The van der Waals surface area contributed by atoms with E-state index in [1.54, 1.807) is 13.8 Å². The number of ketones is 1. The van der Waals surface area contributed by atoms with E-state index in [4.69, 9.17) is 25.6 Å². The minimum atomic E-state index is -2.17. The molecule has 4 aliphatic rings. The number of hydrogen-bond acceptors (Lipinski definition) is 12. The Hall–Kier alpha value is -2.61. The Labute approximate surface area is 243 Å². The van der Waals surface area contributed by atoms with Crippen molar-refractivity contribution < 1.29 is 58.5 Å². The summed E-state index contributed by atoms with van der Waals surface area (Å²) < 4.78 is 22.1. The highest BCUT2D eigenvalue weighted by Gasteiger charge is 2.76. The van der Waals surface area contributed by atoms with E-state index in [9.17, 15) is 39.9 Å². The topological polar surface area (TPSA) is 193 Å². The maximum Gasteiger partial charge on any atom is 0.336 e. The van der Waals surface area contributed by atoms with Crippen molar-refractivity contribution in [2.75, 3.05) is 6.61 Å². The van der Waals surface area contributed by atoms with Gasteiger partial charge < -0.3 is 44.2 Å². The number of carbonyl (C=O) groups excluding carboxylic acids is 3. The number of rotatable bonds is 5. The monoisotopic (exact) mass is 590 g/mol. The van der Waals surface area contributed by atoms with Crippen LogP contribution in [0, 0.1) is 23.7 Å². The fourth-order valence-corrected chi connectivity index (χ4v) is 7.79. The SMILES string of the molecule is [CH][C@@H](c1ccco1)[C@@H](O)C(=O)OC1C[C@@]2(O)[C@@H](OC(C)=O)[C@@H]3[C@]4(O)CO[C@@H]4C[C@H](O)[C@@]3(C)C(=O)[C@H](O)C(=C1C)C2(C)C. The van der Waals surface area contributed by atoms with Crippen LogP contribution in [0.1, 0.15) is 59.1 Å². The van der Waals surface area contributed by atoms with Gasteiger partial charge in [0.2, 0.25) is 0 Å². The van der Waals surface area contributed by atoms with Crippen molar-refractivity contribution in [3.63, 3.8) is 0 Å². The molecule has 12 heteroatoms. The summed E-state index contributed by atoms with van der Waals surface area (Å²) >= 11 is 0. The van der Waals surface area contributed by atoms with Crippen molar-refractivity contribution >= 4 is 17.7 Å². The second kappa shape index (κ2) is 9.96. The smallest absolute Gasteiger partial charge is 0.336 e. The molecule has 5 rings (SSSR count). The molecule has 5 N–H and O–H groups in total. The molecule has 1 aromatic heterocycles. The molecule has 11 atom stereocenters. The predicted octanol–water partition coefficient (Wildman–Crippen LogP) is 0.217. The Morgan fingerprint density at radius 3 is 2.38 bits per heavy atom. The number of aliphatic hydroxyl groups is 5. The van der Waals surface area contributed by atoms with Gasteiger partial charge >= 0.3 is 11.9 Å². The van der Waals surface area contributed by atoms with Crippen LogP contribution in [0.2, 0.25) is 0 Å². The zero-order valence-corrected chi connectivity index (χ0v) is 24.1. The van der Waals surface area contributed by atoms with E-state index in [1.807, 2.05) is 0 Å². The molecule has 2 bridgehead atoms. The average molecular weight is 591 g/mol. The van der Waals surface area contributed by atoms with Crippen LogP contribution in [-0.2, 0) is 28.6 Å². The zero-order chi connectivity index (χ0) is 31.2. The van der Waals surface area contributed by atoms with Crippen LogP contribution in [0.25, 0.3) is 0 Å². The number of carbonyl (C=O) groups is 3. The van der Waals surface area contributed by atoms with Gasteiger partial charge in [-0.2, -0.15) is 0 Å². The van der Waals surface area contributed by atoms with Gasteiger partial charge in [0, 0.05) is 31.1 Å². The lowest BCUT2D eigenvalue weighted by Crippen LogP contribution is -2.81. The molecule has 0 spiro atoms. The lowest BCUT2D eigenvalue weighted by molar-refractivity contribution is -0.345. The van der Waals surface area contributed by atoms with Crippen LogP contribution in [0.15, 0.2) is 34.0 Å². The zero-order valence-electron chi connectivity index (χ0n) is 24.1. The summed E-state index contributed by atoms with van der Waals surface area (Å²) in [5.41, 5.74) is -7.10. The van der Waals surface area contributed by atoms with E-state index in [2.05, 4.69) is 0 Å². The summed E-state index contributed by atoms with van der Waals surface area (Å²) in [4.78, 5) is 39.9. The van der Waals surface area contributed by atoms with Gasteiger partial charge in [-0.05, 0) is 44.1 Å². The third kappa shape index (κ3) is 4.06. The van der Waals surface area contributed by atoms with Gasteiger partial charge in [0.05, 0.1) is 36.4 Å². The van der Waals surface area contributed by atoms with Gasteiger partial charge in [0.1, 0.15) is 35.3 Å². The van der Waals surface area contributed by atoms with Crippen molar-refractivity contribution in [2.45, 2.75) is 101 Å². The fraction of sp³-hybridized carbons (Fsp3) is 0.667. The first-order chi connectivity index (χ1) is 19.4. The maximum absolute atomic E-state index is 14.2. The molecule has 3 fully saturated rings. The summed E-state index contributed by atoms with van der Waals surface area (Å²) in [5.74, 6) is -5.41. The summed E-state index contributed by atoms with van der Waals surface area (Å²) in [6, 6.07) is 3.01. The van der Waals surface area contributed by atoms with E-state index in [0.29, 0.717) is 0 Å². The van der Waals surface area contributed by atoms with Crippen molar-refractivity contribution in [1.29, 1.82) is 0 Å². The van der Waals surface area contributed by atoms with Crippen LogP contribution >= 0.6 is 0 Å². The molecule has 12 nitrogen and oxygen atoms in total. The number of furan rings is 1. The summed E-state index contributed by atoms with van der Waals surface area (Å²) in [5, 5.41) is 58.1. The fourth-order valence-electron chi connectivity index (χ4n) is 7.79. The van der Waals surface area contributed by atoms with Crippen LogP contribution in [-0.4, -0.2) is 97.7 Å². The van der Waals surface area contributed by atoms with Gasteiger partial charge in [-0.1, -0.05) is 13.8 Å². The lowest BCUT2D eigenvalue weighted by atomic mass is 9.45. The molecule has 0 aromatic carbocycles. The summed E-state index contributed by atoms with van der Waals surface area (Å²) in [6.45, 7) is 12.8. The van der Waals surface area contributed by atoms with Crippen molar-refractivity contribution in [2.24, 2.45) is 16.7 Å². The molecule has 2 saturated carbocycles. The van der Waals surface area contributed by atoms with Crippen LogP contribution in [0.5, 0.6) is 0 Å².